The third kappa shape index (κ3) is 6.54. The summed E-state index contributed by atoms with van der Waals surface area (Å²) in [5.41, 5.74) is 1.32. The van der Waals surface area contributed by atoms with Crippen molar-refractivity contribution in [2.45, 2.75) is 52.9 Å². The summed E-state index contributed by atoms with van der Waals surface area (Å²) in [4.78, 5) is 12.1. The lowest BCUT2D eigenvalue weighted by Crippen LogP contribution is -2.29. The van der Waals surface area contributed by atoms with Crippen LogP contribution in [0.15, 0.2) is 18.2 Å². The first kappa shape index (κ1) is 20.7. The van der Waals surface area contributed by atoms with E-state index in [0.29, 0.717) is 29.5 Å². The van der Waals surface area contributed by atoms with Gasteiger partial charge in [0.05, 0.1) is 7.11 Å². The fourth-order valence-corrected chi connectivity index (χ4v) is 2.80. The van der Waals surface area contributed by atoms with E-state index in [9.17, 15) is 4.79 Å². The van der Waals surface area contributed by atoms with Crippen molar-refractivity contribution >= 4 is 11.7 Å². The lowest BCUT2D eigenvalue weighted by atomic mass is 10.0. The van der Waals surface area contributed by atoms with E-state index in [2.05, 4.69) is 40.0 Å². The van der Waals surface area contributed by atoms with Crippen LogP contribution in [-0.2, 0) is 0 Å². The number of methoxy groups -OCH3 is 1. The normalized spacial score (nSPS) is 10.9. The quantitative estimate of drug-likeness (QED) is 0.618. The number of carbonyl (C=O) groups is 1. The molecule has 0 aliphatic carbocycles. The Kier molecular flexibility index (Phi) is 8.03. The van der Waals surface area contributed by atoms with E-state index < -0.39 is 0 Å². The van der Waals surface area contributed by atoms with Crippen LogP contribution in [0.4, 0.5) is 10.5 Å². The monoisotopic (exact) mass is 374 g/mol. The molecular formula is C19H30N6O2. The number of tetrazole rings is 1. The highest BCUT2D eigenvalue weighted by atomic mass is 16.5. The number of unbranched alkanes of at least 4 members (excludes halogenated alkanes) is 3. The number of ether oxygens (including phenoxy) is 1. The van der Waals surface area contributed by atoms with Crippen LogP contribution in [-0.4, -0.2) is 39.9 Å². The summed E-state index contributed by atoms with van der Waals surface area (Å²) in [6.45, 7) is 6.96. The zero-order valence-corrected chi connectivity index (χ0v) is 16.7. The van der Waals surface area contributed by atoms with Crippen molar-refractivity contribution < 1.29 is 9.53 Å². The molecule has 8 heteroatoms. The van der Waals surface area contributed by atoms with E-state index in [-0.39, 0.29) is 6.03 Å². The van der Waals surface area contributed by atoms with Crippen LogP contribution < -0.4 is 15.4 Å². The Bertz CT molecular complexity index is 729. The number of benzene rings is 1. The third-order valence-corrected chi connectivity index (χ3v) is 4.28. The number of anilines is 1. The van der Waals surface area contributed by atoms with Gasteiger partial charge in [0.1, 0.15) is 11.4 Å². The van der Waals surface area contributed by atoms with Gasteiger partial charge in [-0.15, -0.1) is 5.10 Å². The minimum Gasteiger partial charge on any atom is -0.494 e. The lowest BCUT2D eigenvalue weighted by molar-refractivity contribution is 0.252. The fraction of sp³-hybridized carbons (Fsp3) is 0.579. The maximum absolute atomic E-state index is 12.1. The van der Waals surface area contributed by atoms with Gasteiger partial charge in [-0.25, -0.2) is 4.79 Å². The van der Waals surface area contributed by atoms with Crippen molar-refractivity contribution in [3.05, 3.63) is 24.0 Å². The molecule has 0 aliphatic heterocycles. The summed E-state index contributed by atoms with van der Waals surface area (Å²) < 4.78 is 6.93. The minimum absolute atomic E-state index is 0.221. The third-order valence-electron chi connectivity index (χ3n) is 4.28. The number of rotatable bonds is 10. The molecule has 0 saturated heterocycles. The molecule has 0 unspecified atom stereocenters. The van der Waals surface area contributed by atoms with Crippen LogP contribution in [0.2, 0.25) is 0 Å². The average molecular weight is 374 g/mol. The van der Waals surface area contributed by atoms with Gasteiger partial charge in [-0.1, -0.05) is 39.5 Å². The maximum atomic E-state index is 12.1. The number of amides is 2. The molecule has 1 aromatic heterocycles. The first-order chi connectivity index (χ1) is 13.0. The minimum atomic E-state index is -0.221. The smallest absolute Gasteiger partial charge is 0.319 e. The Labute approximate surface area is 160 Å². The Morgan fingerprint density at radius 1 is 1.22 bits per heavy atom. The van der Waals surface area contributed by atoms with Crippen LogP contribution in [0.25, 0.3) is 5.69 Å². The Hall–Kier alpha value is -2.64. The molecule has 0 radical (unpaired) electrons. The number of nitrogens with zero attached hydrogens (tertiary/aromatic N) is 4. The topological polar surface area (TPSA) is 94.0 Å². The number of urea groups is 1. The van der Waals surface area contributed by atoms with Crippen molar-refractivity contribution in [1.29, 1.82) is 0 Å². The van der Waals surface area contributed by atoms with Crippen LogP contribution in [0.5, 0.6) is 5.75 Å². The molecule has 1 aromatic carbocycles. The molecular weight excluding hydrogens is 344 g/mol. The SMILES string of the molecule is COc1ccc(NC(=O)NCCCCCCC(C)C)cc1-n1nnnc1C. The molecule has 2 rings (SSSR count). The predicted octanol–water partition coefficient (Wildman–Crippen LogP) is 3.71. The molecule has 2 amide bonds. The predicted molar refractivity (Wildman–Crippen MR) is 105 cm³/mol. The Balaban J connectivity index is 1.83. The largest absolute Gasteiger partial charge is 0.494 e. The second-order valence-electron chi connectivity index (χ2n) is 7.00. The Morgan fingerprint density at radius 3 is 2.67 bits per heavy atom. The van der Waals surface area contributed by atoms with Crippen molar-refractivity contribution in [2.24, 2.45) is 5.92 Å². The van der Waals surface area contributed by atoms with E-state index in [0.717, 1.165) is 18.8 Å². The van der Waals surface area contributed by atoms with Crippen LogP contribution in [0, 0.1) is 12.8 Å². The van der Waals surface area contributed by atoms with Gasteiger partial charge < -0.3 is 15.4 Å². The van der Waals surface area contributed by atoms with Crippen LogP contribution in [0.3, 0.4) is 0 Å². The van der Waals surface area contributed by atoms with Crippen molar-refractivity contribution in [3.63, 3.8) is 0 Å². The Morgan fingerprint density at radius 2 is 2.00 bits per heavy atom. The van der Waals surface area contributed by atoms with E-state index in [1.54, 1.807) is 36.9 Å². The highest BCUT2D eigenvalue weighted by molar-refractivity contribution is 5.89. The number of aromatic nitrogens is 4. The molecule has 0 atom stereocenters. The van der Waals surface area contributed by atoms with Gasteiger partial charge in [0.15, 0.2) is 5.82 Å². The number of carbonyl (C=O) groups excluding carboxylic acids is 1. The molecule has 0 fully saturated rings. The van der Waals surface area contributed by atoms with Gasteiger partial charge in [0.2, 0.25) is 0 Å². The molecule has 0 saturated carbocycles. The van der Waals surface area contributed by atoms with Crippen LogP contribution >= 0.6 is 0 Å². The number of hydrogen-bond donors (Lipinski definition) is 2. The van der Waals surface area contributed by atoms with Gasteiger partial charge in [0, 0.05) is 12.2 Å². The molecule has 8 nitrogen and oxygen atoms in total. The average Bonchev–Trinajstić information content (AvgIpc) is 3.06. The molecule has 1 heterocycles. The lowest BCUT2D eigenvalue weighted by Gasteiger charge is -2.12. The number of nitrogens with one attached hydrogen (secondary N) is 2. The summed E-state index contributed by atoms with van der Waals surface area (Å²) in [6.07, 6.45) is 5.87. The highest BCUT2D eigenvalue weighted by Crippen LogP contribution is 2.26. The molecule has 0 bridgehead atoms. The zero-order valence-electron chi connectivity index (χ0n) is 16.7. The van der Waals surface area contributed by atoms with Gasteiger partial charge >= 0.3 is 6.03 Å². The summed E-state index contributed by atoms with van der Waals surface area (Å²) in [7, 11) is 1.58. The fourth-order valence-electron chi connectivity index (χ4n) is 2.80. The van der Waals surface area contributed by atoms with E-state index in [1.165, 1.54) is 19.3 Å². The standard InChI is InChI=1S/C19H30N6O2/c1-14(2)9-7-5-6-8-12-20-19(26)21-16-10-11-18(27-4)17(13-16)25-15(3)22-23-24-25/h10-11,13-14H,5-9,12H2,1-4H3,(H2,20,21,26). The molecule has 148 valence electrons. The molecule has 27 heavy (non-hydrogen) atoms. The summed E-state index contributed by atoms with van der Waals surface area (Å²) in [6, 6.07) is 5.13. The first-order valence-electron chi connectivity index (χ1n) is 9.49. The van der Waals surface area contributed by atoms with Crippen molar-refractivity contribution in [1.82, 2.24) is 25.5 Å². The van der Waals surface area contributed by atoms with E-state index in [4.69, 9.17) is 4.74 Å². The van der Waals surface area contributed by atoms with Gasteiger partial charge in [0.25, 0.3) is 0 Å². The van der Waals surface area contributed by atoms with Gasteiger partial charge in [-0.05, 0) is 47.9 Å². The molecule has 2 N–H and O–H groups in total. The molecule has 2 aromatic rings. The second kappa shape index (κ2) is 10.5. The van der Waals surface area contributed by atoms with Crippen LogP contribution in [0.1, 0.15) is 51.8 Å². The van der Waals surface area contributed by atoms with E-state index >= 15 is 0 Å². The van der Waals surface area contributed by atoms with Gasteiger partial charge in [-0.3, -0.25) is 0 Å². The summed E-state index contributed by atoms with van der Waals surface area (Å²) in [5, 5.41) is 17.2. The number of aryl methyl sites for hydroxylation is 1. The molecule has 0 aliphatic rings. The first-order valence-corrected chi connectivity index (χ1v) is 9.49. The molecule has 0 spiro atoms. The summed E-state index contributed by atoms with van der Waals surface area (Å²) >= 11 is 0. The van der Waals surface area contributed by atoms with Crippen molar-refractivity contribution in [3.8, 4) is 11.4 Å². The van der Waals surface area contributed by atoms with E-state index in [1.807, 2.05) is 0 Å². The number of hydrogen-bond acceptors (Lipinski definition) is 5. The highest BCUT2D eigenvalue weighted by Gasteiger charge is 2.12. The zero-order chi connectivity index (χ0) is 19.6. The maximum Gasteiger partial charge on any atom is 0.319 e. The van der Waals surface area contributed by atoms with Gasteiger partial charge in [-0.2, -0.15) is 4.68 Å². The second-order valence-corrected chi connectivity index (χ2v) is 7.00. The summed E-state index contributed by atoms with van der Waals surface area (Å²) in [5.74, 6) is 2.02. The van der Waals surface area contributed by atoms with Crippen molar-refractivity contribution in [2.75, 3.05) is 19.0 Å².